The van der Waals surface area contributed by atoms with E-state index in [1.807, 2.05) is 0 Å². The number of nitrogens with zero attached hydrogens (tertiary/aromatic N) is 8. The number of ether oxygens (including phenoxy) is 2. The van der Waals surface area contributed by atoms with Gasteiger partial charge in [0.1, 0.15) is 60.3 Å². The Bertz CT molecular complexity index is 1690. The van der Waals surface area contributed by atoms with Crippen LogP contribution in [0, 0.1) is 0 Å². The van der Waals surface area contributed by atoms with Crippen LogP contribution in [0.1, 0.15) is 12.5 Å². The van der Waals surface area contributed by atoms with E-state index in [1.165, 1.54) is 21.8 Å². The lowest BCUT2D eigenvalue weighted by atomic mass is 10.1. The molecule has 44 heavy (non-hydrogen) atoms. The maximum absolute atomic E-state index is 13.1. The molecular formula is C20H24N10O12P2. The van der Waals surface area contributed by atoms with Crippen molar-refractivity contribution in [2.75, 3.05) is 24.7 Å². The molecule has 3 fully saturated rings. The third-order valence-corrected chi connectivity index (χ3v) is 9.23. The summed E-state index contributed by atoms with van der Waals surface area (Å²) in [6.45, 7) is -1.56. The molecule has 0 radical (unpaired) electrons. The summed E-state index contributed by atoms with van der Waals surface area (Å²) in [6, 6.07) is 0. The summed E-state index contributed by atoms with van der Waals surface area (Å²) in [5.41, 5.74) is 12.4. The van der Waals surface area contributed by atoms with Crippen LogP contribution in [0.3, 0.4) is 0 Å². The molecule has 0 amide bonds. The molecule has 236 valence electrons. The first kappa shape index (κ1) is 29.5. The zero-order valence-electron chi connectivity index (χ0n) is 22.0. The van der Waals surface area contributed by atoms with E-state index in [-0.39, 0.29) is 34.0 Å². The number of hydrogen-bond acceptors (Lipinski definition) is 18. The number of nitrogen functional groups attached to an aromatic ring is 2. The van der Waals surface area contributed by atoms with Crippen molar-refractivity contribution in [3.63, 3.8) is 0 Å². The van der Waals surface area contributed by atoms with Gasteiger partial charge in [-0.3, -0.25) is 27.2 Å². The first-order valence-electron chi connectivity index (χ1n) is 12.8. The Morgan fingerprint density at radius 3 is 1.52 bits per heavy atom. The largest absolute Gasteiger partial charge is 0.472 e. The fourth-order valence-electron chi connectivity index (χ4n) is 5.24. The lowest BCUT2D eigenvalue weighted by molar-refractivity contribution is -0.0664. The average Bonchev–Trinajstić information content (AvgIpc) is 3.73. The second-order valence-electron chi connectivity index (χ2n) is 9.95. The number of imidazole rings is 2. The average molecular weight is 658 g/mol. The van der Waals surface area contributed by atoms with Gasteiger partial charge in [0.05, 0.1) is 25.9 Å². The number of rotatable bonds is 2. The van der Waals surface area contributed by atoms with E-state index in [4.69, 9.17) is 39.0 Å². The highest BCUT2D eigenvalue weighted by molar-refractivity contribution is 7.47. The maximum Gasteiger partial charge on any atom is 0.472 e. The SMILES string of the molecule is Nc1ncnc2c1ncn2C1O[C@H]2COP(=O)(O)OC3[C@@H](COP(=O)(O)OC2[C@@H]1O)O[C@@H](n1cnc2c(N)ncnc21)[C@H]3O. The number of nitrogens with two attached hydrogens (primary N) is 2. The number of aromatic nitrogens is 8. The summed E-state index contributed by atoms with van der Waals surface area (Å²) in [5.74, 6) is 0.101. The van der Waals surface area contributed by atoms with Crippen LogP contribution < -0.4 is 11.5 Å². The summed E-state index contributed by atoms with van der Waals surface area (Å²) in [6.07, 6.45) is -7.30. The minimum absolute atomic E-state index is 0.0507. The van der Waals surface area contributed by atoms with Crippen molar-refractivity contribution in [2.24, 2.45) is 0 Å². The van der Waals surface area contributed by atoms with E-state index in [0.717, 1.165) is 12.7 Å². The number of hydrogen-bond donors (Lipinski definition) is 6. The monoisotopic (exact) mass is 658 g/mol. The Labute approximate surface area is 244 Å². The molecular weight excluding hydrogens is 634 g/mol. The van der Waals surface area contributed by atoms with Gasteiger partial charge in [-0.25, -0.2) is 39.0 Å². The third-order valence-electron chi connectivity index (χ3n) is 7.26. The molecule has 4 aromatic rings. The number of phosphoric ester groups is 2. The predicted molar refractivity (Wildman–Crippen MR) is 141 cm³/mol. The van der Waals surface area contributed by atoms with Crippen LogP contribution in [-0.4, -0.2) is 109 Å². The number of aliphatic hydroxyl groups is 2. The summed E-state index contributed by atoms with van der Waals surface area (Å²) in [4.78, 5) is 45.3. The summed E-state index contributed by atoms with van der Waals surface area (Å²) in [7, 11) is -10.0. The topological polar surface area (TPSA) is 310 Å². The van der Waals surface area contributed by atoms with Gasteiger partial charge in [-0.05, 0) is 0 Å². The number of anilines is 2. The van der Waals surface area contributed by atoms with E-state index >= 15 is 0 Å². The lowest BCUT2D eigenvalue weighted by Gasteiger charge is -2.27. The predicted octanol–water partition coefficient (Wildman–Crippen LogP) is -1.63. The van der Waals surface area contributed by atoms with Gasteiger partial charge in [-0.2, -0.15) is 0 Å². The Morgan fingerprint density at radius 1 is 0.705 bits per heavy atom. The number of fused-ring (bicyclic) bond motifs is 4. The minimum Gasteiger partial charge on any atom is -0.386 e. The highest BCUT2D eigenvalue weighted by Gasteiger charge is 2.54. The second kappa shape index (κ2) is 10.7. The van der Waals surface area contributed by atoms with Crippen LogP contribution in [0.15, 0.2) is 25.3 Å². The zero-order valence-corrected chi connectivity index (χ0v) is 23.8. The Kier molecular flexibility index (Phi) is 7.16. The molecule has 0 spiro atoms. The van der Waals surface area contributed by atoms with Gasteiger partial charge in [0.15, 0.2) is 35.4 Å². The molecule has 24 heteroatoms. The molecule has 0 aromatic carbocycles. The van der Waals surface area contributed by atoms with Crippen molar-refractivity contribution in [1.29, 1.82) is 0 Å². The van der Waals surface area contributed by atoms with Gasteiger partial charge >= 0.3 is 15.6 Å². The molecule has 3 aliphatic heterocycles. The van der Waals surface area contributed by atoms with Crippen molar-refractivity contribution in [3.05, 3.63) is 25.3 Å². The third kappa shape index (κ3) is 5.04. The van der Waals surface area contributed by atoms with E-state index in [9.17, 15) is 29.1 Å². The van der Waals surface area contributed by atoms with E-state index < -0.39 is 77.9 Å². The fraction of sp³-hybridized carbons (Fsp3) is 0.500. The van der Waals surface area contributed by atoms with Gasteiger partial charge in [0.25, 0.3) is 0 Å². The minimum atomic E-state index is -5.00. The molecule has 0 saturated carbocycles. The van der Waals surface area contributed by atoms with Crippen LogP contribution in [0.4, 0.5) is 11.6 Å². The summed E-state index contributed by atoms with van der Waals surface area (Å²) in [5, 5.41) is 22.2. The Morgan fingerprint density at radius 2 is 1.11 bits per heavy atom. The quantitative estimate of drug-likeness (QED) is 0.132. The van der Waals surface area contributed by atoms with Gasteiger partial charge in [-0.1, -0.05) is 0 Å². The molecule has 0 bridgehead atoms. The van der Waals surface area contributed by atoms with Gasteiger partial charge in [0, 0.05) is 0 Å². The zero-order chi connectivity index (χ0) is 31.0. The van der Waals surface area contributed by atoms with Crippen molar-refractivity contribution >= 4 is 49.6 Å². The van der Waals surface area contributed by atoms with Crippen LogP contribution >= 0.6 is 15.6 Å². The molecule has 5 unspecified atom stereocenters. The normalized spacial score (nSPS) is 38.3. The molecule has 3 saturated heterocycles. The molecule has 22 nitrogen and oxygen atoms in total. The van der Waals surface area contributed by atoms with E-state index in [1.54, 1.807) is 0 Å². The molecule has 7 heterocycles. The highest BCUT2D eigenvalue weighted by atomic mass is 31.2. The van der Waals surface area contributed by atoms with E-state index in [2.05, 4.69) is 29.9 Å². The van der Waals surface area contributed by atoms with Crippen molar-refractivity contribution in [3.8, 4) is 0 Å². The van der Waals surface area contributed by atoms with Gasteiger partial charge < -0.3 is 40.9 Å². The van der Waals surface area contributed by atoms with Crippen LogP contribution in [0.2, 0.25) is 0 Å². The van der Waals surface area contributed by atoms with Crippen molar-refractivity contribution in [2.45, 2.75) is 49.1 Å². The summed E-state index contributed by atoms with van der Waals surface area (Å²) < 4.78 is 61.2. The van der Waals surface area contributed by atoms with Crippen LogP contribution in [0.5, 0.6) is 0 Å². The first-order chi connectivity index (χ1) is 20.9. The van der Waals surface area contributed by atoms with Crippen molar-refractivity contribution < 1.29 is 56.7 Å². The number of aliphatic hydroxyl groups excluding tert-OH is 2. The van der Waals surface area contributed by atoms with Gasteiger partial charge in [0.2, 0.25) is 0 Å². The molecule has 3 aliphatic rings. The Hall–Kier alpha value is -3.24. The summed E-state index contributed by atoms with van der Waals surface area (Å²) >= 11 is 0. The smallest absolute Gasteiger partial charge is 0.386 e. The maximum atomic E-state index is 13.1. The second-order valence-corrected chi connectivity index (χ2v) is 12.8. The van der Waals surface area contributed by atoms with E-state index in [0.29, 0.717) is 0 Å². The Balaban J connectivity index is 1.17. The van der Waals surface area contributed by atoms with Crippen LogP contribution in [0.25, 0.3) is 22.3 Å². The van der Waals surface area contributed by atoms with Crippen molar-refractivity contribution in [1.82, 2.24) is 39.0 Å². The standard InChI is InChI=1S/C20H24N10O12P2/c21-15-9-17(25-3-23-15)29(5-27-9)19-11(31)13-7(39-19)1-37-43(33,34)42-14-8(2-38-44(35,36)41-13)40-20(12(14)32)30-6-28-10-16(22)24-4-26-18(10)30/h3-8,11-14,19-20,31-32H,1-2H2,(H,33,34)(H,35,36)(H2,21,23,25)(H2,22,24,26)/t7-,8+,11-,12-,13?,14?,19?,20+/m0/s1. The van der Waals surface area contributed by atoms with Crippen LogP contribution in [-0.2, 0) is 36.7 Å². The highest BCUT2D eigenvalue weighted by Crippen LogP contribution is 2.53. The molecule has 0 aliphatic carbocycles. The van der Waals surface area contributed by atoms with Gasteiger partial charge in [-0.15, -0.1) is 0 Å². The first-order valence-corrected chi connectivity index (χ1v) is 15.8. The number of phosphoric acid groups is 2. The fourth-order valence-corrected chi connectivity index (χ4v) is 7.17. The molecule has 7 rings (SSSR count). The molecule has 10 atom stereocenters. The lowest BCUT2D eigenvalue weighted by Crippen LogP contribution is -2.39. The molecule has 8 N–H and O–H groups in total. The molecule has 4 aromatic heterocycles.